The number of hydrogen-bond acceptors (Lipinski definition) is 4. The molecule has 6 nitrogen and oxygen atoms in total. The molecule has 2 aromatic carbocycles. The van der Waals surface area contributed by atoms with Gasteiger partial charge < -0.3 is 20.5 Å². The quantitative estimate of drug-likeness (QED) is 0.477. The van der Waals surface area contributed by atoms with Gasteiger partial charge in [0.2, 0.25) is 5.91 Å². The van der Waals surface area contributed by atoms with Gasteiger partial charge in [-0.25, -0.2) is 4.39 Å². The molecule has 34 heavy (non-hydrogen) atoms. The molecule has 4 unspecified atom stereocenters. The van der Waals surface area contributed by atoms with Crippen LogP contribution in [0.2, 0.25) is 0 Å². The smallest absolute Gasteiger partial charge is 0.416 e. The lowest BCUT2D eigenvalue weighted by molar-refractivity contribution is -0.151. The normalized spacial score (nSPS) is 22.8. The highest BCUT2D eigenvalue weighted by Crippen LogP contribution is 2.43. The van der Waals surface area contributed by atoms with Crippen LogP contribution in [0.5, 0.6) is 0 Å². The standard InChI is InChI=1S/C24H26F4N2O4/c1-3-34-16-11-17(13-4-7-15(29-2)8-5-13)21(23(32)33)18(12-16)22(31)30-20-9-6-14(10-19(20)25)24(26,27)28/h4-10,16-18,21,29H,3,11-12H2,1-2H3,(H,30,31)(H,32,33). The Hall–Kier alpha value is -3.14. The number of aliphatic carboxylic acids is 1. The number of benzene rings is 2. The summed E-state index contributed by atoms with van der Waals surface area (Å²) >= 11 is 0. The van der Waals surface area contributed by atoms with Crippen LogP contribution in [-0.4, -0.2) is 36.7 Å². The molecular weight excluding hydrogens is 456 g/mol. The summed E-state index contributed by atoms with van der Waals surface area (Å²) in [6.45, 7) is 2.14. The fourth-order valence-corrected chi connectivity index (χ4v) is 4.48. The summed E-state index contributed by atoms with van der Waals surface area (Å²) in [5.41, 5.74) is -0.0876. The molecule has 0 saturated heterocycles. The lowest BCUT2D eigenvalue weighted by atomic mass is 9.67. The van der Waals surface area contributed by atoms with Gasteiger partial charge in [0.1, 0.15) is 5.82 Å². The number of amides is 1. The SMILES string of the molecule is CCOC1CC(C(=O)Nc2ccc(C(F)(F)F)cc2F)C(C(=O)O)C(c2ccc(NC)cc2)C1. The molecule has 1 aliphatic rings. The fraction of sp³-hybridized carbons (Fsp3) is 0.417. The summed E-state index contributed by atoms with van der Waals surface area (Å²) in [7, 11) is 1.75. The van der Waals surface area contributed by atoms with Crippen molar-refractivity contribution in [3.8, 4) is 0 Å². The number of anilines is 2. The zero-order valence-corrected chi connectivity index (χ0v) is 18.7. The Kier molecular flexibility index (Phi) is 7.81. The van der Waals surface area contributed by atoms with Crippen LogP contribution in [0.4, 0.5) is 28.9 Å². The highest BCUT2D eigenvalue weighted by Gasteiger charge is 2.46. The summed E-state index contributed by atoms with van der Waals surface area (Å²) in [4.78, 5) is 25.4. The van der Waals surface area contributed by atoms with Gasteiger partial charge in [0, 0.05) is 25.3 Å². The van der Waals surface area contributed by atoms with E-state index in [4.69, 9.17) is 4.74 Å². The van der Waals surface area contributed by atoms with Gasteiger partial charge in [-0.2, -0.15) is 13.2 Å². The van der Waals surface area contributed by atoms with Crippen molar-refractivity contribution >= 4 is 23.3 Å². The van der Waals surface area contributed by atoms with Crippen molar-refractivity contribution < 1.29 is 37.0 Å². The first-order valence-corrected chi connectivity index (χ1v) is 10.8. The molecule has 2 aromatic rings. The summed E-state index contributed by atoms with van der Waals surface area (Å²) in [6.07, 6.45) is -4.68. The number of ether oxygens (including phenoxy) is 1. The summed E-state index contributed by atoms with van der Waals surface area (Å²) < 4.78 is 58.5. The van der Waals surface area contributed by atoms with Crippen LogP contribution in [0.1, 0.15) is 36.8 Å². The summed E-state index contributed by atoms with van der Waals surface area (Å²) in [5.74, 6) is -6.00. The van der Waals surface area contributed by atoms with Gasteiger partial charge in [-0.15, -0.1) is 0 Å². The van der Waals surface area contributed by atoms with Gasteiger partial charge in [-0.3, -0.25) is 9.59 Å². The van der Waals surface area contributed by atoms with Crippen LogP contribution < -0.4 is 10.6 Å². The van der Waals surface area contributed by atoms with Crippen molar-refractivity contribution in [1.29, 1.82) is 0 Å². The third-order valence-electron chi connectivity index (χ3n) is 6.11. The molecule has 0 heterocycles. The first-order chi connectivity index (χ1) is 16.0. The summed E-state index contributed by atoms with van der Waals surface area (Å²) in [6, 6.07) is 8.93. The molecule has 1 fully saturated rings. The Bertz CT molecular complexity index is 1030. The minimum absolute atomic E-state index is 0.0873. The number of carboxylic acid groups (broad SMARTS) is 1. The van der Waals surface area contributed by atoms with Gasteiger partial charge in [0.15, 0.2) is 0 Å². The Morgan fingerprint density at radius 3 is 2.32 bits per heavy atom. The molecule has 4 atom stereocenters. The van der Waals surface area contributed by atoms with E-state index >= 15 is 0 Å². The Labute approximate surface area is 194 Å². The van der Waals surface area contributed by atoms with E-state index in [1.807, 2.05) is 0 Å². The first-order valence-electron chi connectivity index (χ1n) is 10.8. The van der Waals surface area contributed by atoms with Crippen LogP contribution in [0.3, 0.4) is 0 Å². The van der Waals surface area contributed by atoms with Crippen molar-refractivity contribution in [3.63, 3.8) is 0 Å². The average molecular weight is 482 g/mol. The predicted molar refractivity (Wildman–Crippen MR) is 118 cm³/mol. The second-order valence-electron chi connectivity index (χ2n) is 8.18. The number of hydrogen-bond donors (Lipinski definition) is 3. The minimum atomic E-state index is -4.73. The van der Waals surface area contributed by atoms with Gasteiger partial charge in [0.25, 0.3) is 0 Å². The van der Waals surface area contributed by atoms with Crippen LogP contribution in [-0.2, 0) is 20.5 Å². The largest absolute Gasteiger partial charge is 0.481 e. The molecule has 10 heteroatoms. The van der Waals surface area contributed by atoms with E-state index in [1.165, 1.54) is 0 Å². The lowest BCUT2D eigenvalue weighted by Gasteiger charge is -2.39. The van der Waals surface area contributed by atoms with Crippen molar-refractivity contribution in [3.05, 3.63) is 59.4 Å². The van der Waals surface area contributed by atoms with Crippen LogP contribution in [0, 0.1) is 17.7 Å². The maximum absolute atomic E-state index is 14.3. The van der Waals surface area contributed by atoms with E-state index in [0.29, 0.717) is 30.7 Å². The number of halogens is 4. The highest BCUT2D eigenvalue weighted by atomic mass is 19.4. The summed E-state index contributed by atoms with van der Waals surface area (Å²) in [5, 5.41) is 15.3. The van der Waals surface area contributed by atoms with E-state index < -0.39 is 59.0 Å². The Morgan fingerprint density at radius 2 is 1.79 bits per heavy atom. The second kappa shape index (κ2) is 10.4. The van der Waals surface area contributed by atoms with Gasteiger partial charge in [-0.1, -0.05) is 12.1 Å². The van der Waals surface area contributed by atoms with Gasteiger partial charge in [0.05, 0.1) is 29.2 Å². The molecule has 0 radical (unpaired) electrons. The second-order valence-corrected chi connectivity index (χ2v) is 8.18. The molecule has 0 bridgehead atoms. The number of nitrogens with one attached hydrogen (secondary N) is 2. The first kappa shape index (κ1) is 25.5. The third-order valence-corrected chi connectivity index (χ3v) is 6.11. The molecule has 0 spiro atoms. The van der Waals surface area contributed by atoms with E-state index in [0.717, 1.165) is 11.8 Å². The minimum Gasteiger partial charge on any atom is -0.481 e. The average Bonchev–Trinajstić information content (AvgIpc) is 2.79. The monoisotopic (exact) mass is 482 g/mol. The van der Waals surface area contributed by atoms with Crippen molar-refractivity contribution in [2.75, 3.05) is 24.3 Å². The number of rotatable bonds is 7. The molecule has 1 amide bonds. The van der Waals surface area contributed by atoms with Crippen LogP contribution >= 0.6 is 0 Å². The van der Waals surface area contributed by atoms with Crippen LogP contribution in [0.25, 0.3) is 0 Å². The highest BCUT2D eigenvalue weighted by molar-refractivity contribution is 5.95. The zero-order valence-electron chi connectivity index (χ0n) is 18.7. The lowest BCUT2D eigenvalue weighted by Crippen LogP contribution is -2.44. The van der Waals surface area contributed by atoms with E-state index in [2.05, 4.69) is 10.6 Å². The number of carbonyl (C=O) groups is 2. The molecule has 184 valence electrons. The van der Waals surface area contributed by atoms with E-state index in [1.54, 1.807) is 38.2 Å². The zero-order chi connectivity index (χ0) is 25.0. The van der Waals surface area contributed by atoms with Gasteiger partial charge >= 0.3 is 12.1 Å². The topological polar surface area (TPSA) is 87.7 Å². The number of carbonyl (C=O) groups excluding carboxylic acids is 1. The number of alkyl halides is 3. The molecule has 0 aromatic heterocycles. The Balaban J connectivity index is 1.91. The molecule has 0 aliphatic heterocycles. The maximum Gasteiger partial charge on any atom is 0.416 e. The molecule has 3 N–H and O–H groups in total. The maximum atomic E-state index is 14.3. The number of carboxylic acids is 1. The van der Waals surface area contributed by atoms with Crippen molar-refractivity contribution in [1.82, 2.24) is 0 Å². The van der Waals surface area contributed by atoms with Crippen LogP contribution in [0.15, 0.2) is 42.5 Å². The van der Waals surface area contributed by atoms with E-state index in [9.17, 15) is 32.3 Å². The van der Waals surface area contributed by atoms with Crippen molar-refractivity contribution in [2.45, 2.75) is 38.0 Å². The van der Waals surface area contributed by atoms with E-state index in [-0.39, 0.29) is 6.42 Å². The van der Waals surface area contributed by atoms with Gasteiger partial charge in [-0.05, 0) is 55.7 Å². The molecule has 1 aliphatic carbocycles. The third kappa shape index (κ3) is 5.67. The Morgan fingerprint density at radius 1 is 1.12 bits per heavy atom. The molecule has 3 rings (SSSR count). The fourth-order valence-electron chi connectivity index (χ4n) is 4.48. The molecule has 1 saturated carbocycles. The molecular formula is C24H26F4N2O4. The predicted octanol–water partition coefficient (Wildman–Crippen LogP) is 5.12. The van der Waals surface area contributed by atoms with Crippen molar-refractivity contribution in [2.24, 2.45) is 11.8 Å².